The van der Waals surface area contributed by atoms with Gasteiger partial charge in [0, 0.05) is 76.0 Å². The molecule has 0 bridgehead atoms. The molecule has 0 fully saturated rings. The second kappa shape index (κ2) is 20.2. The van der Waals surface area contributed by atoms with Gasteiger partial charge in [0.2, 0.25) is 11.8 Å². The van der Waals surface area contributed by atoms with Gasteiger partial charge in [-0.25, -0.2) is 9.97 Å². The van der Waals surface area contributed by atoms with E-state index in [9.17, 15) is 19.2 Å². The Kier molecular flexibility index (Phi) is 13.1. The van der Waals surface area contributed by atoms with Crippen LogP contribution in [0.1, 0.15) is 110 Å². The van der Waals surface area contributed by atoms with E-state index in [0.29, 0.717) is 51.7 Å². The normalized spacial score (nSPS) is 16.7. The minimum atomic E-state index is -0.579. The van der Waals surface area contributed by atoms with Crippen molar-refractivity contribution in [2.45, 2.75) is 116 Å². The second-order valence-corrected chi connectivity index (χ2v) is 22.3. The zero-order valence-corrected chi connectivity index (χ0v) is 43.1. The van der Waals surface area contributed by atoms with Crippen LogP contribution in [0.15, 0.2) is 113 Å². The Labute approximate surface area is 436 Å². The van der Waals surface area contributed by atoms with E-state index in [1.54, 1.807) is 44.2 Å². The Bertz CT molecular complexity index is 3590. The third-order valence-electron chi connectivity index (χ3n) is 15.1. The summed E-state index contributed by atoms with van der Waals surface area (Å²) in [4.78, 5) is 69.1. The fourth-order valence-corrected chi connectivity index (χ4v) is 13.4. The van der Waals surface area contributed by atoms with E-state index >= 15 is 0 Å². The molecule has 4 aromatic carbocycles. The van der Waals surface area contributed by atoms with Gasteiger partial charge in [0.1, 0.15) is 12.1 Å². The zero-order valence-electron chi connectivity index (χ0n) is 41.5. The molecule has 0 radical (unpaired) electrons. The lowest BCUT2D eigenvalue weighted by Gasteiger charge is -2.20. The highest BCUT2D eigenvalue weighted by Crippen LogP contribution is 2.34. The first-order valence-corrected chi connectivity index (χ1v) is 27.5. The van der Waals surface area contributed by atoms with Gasteiger partial charge in [-0.05, 0) is 136 Å². The van der Waals surface area contributed by atoms with Crippen molar-refractivity contribution in [1.29, 1.82) is 0 Å². The Hall–Kier alpha value is -7.24. The van der Waals surface area contributed by atoms with E-state index < -0.39 is 12.1 Å². The molecule has 4 aliphatic heterocycles. The van der Waals surface area contributed by atoms with Gasteiger partial charge < -0.3 is 31.9 Å². The average Bonchev–Trinajstić information content (AvgIpc) is 4.30. The summed E-state index contributed by atoms with van der Waals surface area (Å²) in [5.74, 6) is 0.192. The van der Waals surface area contributed by atoms with Gasteiger partial charge >= 0.3 is 0 Å². The van der Waals surface area contributed by atoms with E-state index in [0.717, 1.165) is 97.9 Å². The molecule has 2 amide bonds. The molecule has 74 heavy (non-hydrogen) atoms. The fraction of sp³-hybridized carbons (Fsp3) is 0.310. The standard InChI is InChI=1S/C58H58N10O4S2/c1-3-33-16-34(24-61-53-57(71)67-44(27-62-53)12-14-49(67)55(69)64-29-46-22-42-25-59-31-51(42)73-46)18-40(17-33)37-7-5-6-36(19-37)38-10-8-35-9-11-39(21-41(35)20-38)48(4-2)66-54-58(72)68-45(28-63-54)13-15-50(68)56(70)65-30-47-23-43-26-60-32-52(43)74-47/h5-11,16-23,27-28,48-50,59-60H,3-4,12-15,24-26,29-32H2,1-2H3,(H,61,62)(H,63,66)(H,64,69)(H,65,70)/t48-,49+,50+/m1/s1. The van der Waals surface area contributed by atoms with Crippen LogP contribution >= 0.6 is 22.7 Å². The minimum absolute atomic E-state index is 0.142. The first-order valence-electron chi connectivity index (χ1n) is 25.8. The van der Waals surface area contributed by atoms with Gasteiger partial charge in [-0.2, -0.15) is 0 Å². The van der Waals surface area contributed by atoms with Gasteiger partial charge in [0.15, 0.2) is 11.6 Å². The third kappa shape index (κ3) is 9.35. The lowest BCUT2D eigenvalue weighted by Crippen LogP contribution is -2.36. The van der Waals surface area contributed by atoms with Crippen molar-refractivity contribution >= 4 is 56.9 Å². The molecule has 0 spiro atoms. The SMILES string of the molecule is CCc1cc(CNc2ncc3n(c2=O)[C@H](C(=O)NCc2cc4c(s2)CNC4)CC3)cc(-c2cccc(-c3ccc4ccc([C@@H](CC)Nc5ncc6n(c5=O)[C@H](C(=O)NCc5cc7c(s5)CNC7)CC6)cc4c3)c2)c1. The highest BCUT2D eigenvalue weighted by Gasteiger charge is 2.33. The molecule has 4 aromatic heterocycles. The molecule has 12 rings (SSSR count). The van der Waals surface area contributed by atoms with Crippen molar-refractivity contribution < 1.29 is 9.59 Å². The summed E-state index contributed by atoms with van der Waals surface area (Å²) in [6, 6.07) is 31.1. The zero-order chi connectivity index (χ0) is 50.5. The van der Waals surface area contributed by atoms with E-state index in [2.05, 4.69) is 147 Å². The largest absolute Gasteiger partial charge is 0.361 e. The topological polar surface area (TPSA) is 176 Å². The van der Waals surface area contributed by atoms with Crippen LogP contribution in [0.4, 0.5) is 11.6 Å². The van der Waals surface area contributed by atoms with Gasteiger partial charge in [-0.3, -0.25) is 28.3 Å². The molecule has 8 heterocycles. The summed E-state index contributed by atoms with van der Waals surface area (Å²) in [6.45, 7) is 9.02. The summed E-state index contributed by atoms with van der Waals surface area (Å²) >= 11 is 3.45. The van der Waals surface area contributed by atoms with Crippen LogP contribution in [0.2, 0.25) is 0 Å². The molecule has 16 heteroatoms. The number of nitrogens with zero attached hydrogens (tertiary/aromatic N) is 4. The summed E-state index contributed by atoms with van der Waals surface area (Å²) in [5, 5.41) is 21.9. The number of anilines is 2. The number of nitrogens with one attached hydrogen (secondary N) is 6. The molecule has 376 valence electrons. The summed E-state index contributed by atoms with van der Waals surface area (Å²) in [5.41, 5.74) is 11.2. The summed E-state index contributed by atoms with van der Waals surface area (Å²) in [6.07, 6.45) is 7.39. The van der Waals surface area contributed by atoms with Crippen molar-refractivity contribution in [1.82, 2.24) is 40.4 Å². The minimum Gasteiger partial charge on any atom is -0.361 e. The number of aryl methyl sites for hydroxylation is 3. The van der Waals surface area contributed by atoms with E-state index in [1.807, 2.05) is 0 Å². The van der Waals surface area contributed by atoms with Gasteiger partial charge in [-0.1, -0.05) is 68.4 Å². The molecular weight excluding hydrogens is 965 g/mol. The number of fused-ring (bicyclic) bond motifs is 5. The van der Waals surface area contributed by atoms with Crippen LogP contribution in [0.3, 0.4) is 0 Å². The Balaban J connectivity index is 0.730. The number of rotatable bonds is 16. The molecule has 0 unspecified atom stereocenters. The summed E-state index contributed by atoms with van der Waals surface area (Å²) < 4.78 is 3.26. The maximum Gasteiger partial charge on any atom is 0.294 e. The van der Waals surface area contributed by atoms with E-state index in [4.69, 9.17) is 0 Å². The molecule has 6 N–H and O–H groups in total. The monoisotopic (exact) mass is 1020 g/mol. The van der Waals surface area contributed by atoms with Crippen LogP contribution in [-0.2, 0) is 74.7 Å². The predicted molar refractivity (Wildman–Crippen MR) is 293 cm³/mol. The summed E-state index contributed by atoms with van der Waals surface area (Å²) in [7, 11) is 0. The molecule has 0 saturated carbocycles. The number of aromatic nitrogens is 4. The van der Waals surface area contributed by atoms with Crippen LogP contribution in [0.5, 0.6) is 0 Å². The fourth-order valence-electron chi connectivity index (χ4n) is 11.2. The van der Waals surface area contributed by atoms with Crippen molar-refractivity contribution in [2.75, 3.05) is 10.6 Å². The molecular formula is C58H58N10O4S2. The number of carbonyl (C=O) groups is 2. The lowest BCUT2D eigenvalue weighted by molar-refractivity contribution is -0.125. The van der Waals surface area contributed by atoms with Crippen LogP contribution in [0, 0.1) is 0 Å². The maximum atomic E-state index is 14.1. The van der Waals surface area contributed by atoms with E-state index in [1.165, 1.54) is 26.4 Å². The van der Waals surface area contributed by atoms with Gasteiger partial charge in [0.05, 0.1) is 19.1 Å². The first kappa shape index (κ1) is 47.7. The third-order valence-corrected chi connectivity index (χ3v) is 17.5. The predicted octanol–water partition coefficient (Wildman–Crippen LogP) is 8.96. The van der Waals surface area contributed by atoms with Crippen molar-refractivity contribution in [2.24, 2.45) is 0 Å². The van der Waals surface area contributed by atoms with Crippen molar-refractivity contribution in [3.05, 3.63) is 183 Å². The van der Waals surface area contributed by atoms with Gasteiger partial charge in [0.25, 0.3) is 11.1 Å². The Morgan fingerprint density at radius 1 is 0.635 bits per heavy atom. The van der Waals surface area contributed by atoms with Gasteiger partial charge in [-0.15, -0.1) is 22.7 Å². The van der Waals surface area contributed by atoms with Crippen molar-refractivity contribution in [3.8, 4) is 22.3 Å². The number of amides is 2. The Morgan fingerprint density at radius 2 is 1.23 bits per heavy atom. The second-order valence-electron chi connectivity index (χ2n) is 19.9. The molecule has 0 saturated heterocycles. The molecule has 4 aliphatic rings. The molecule has 3 atom stereocenters. The smallest absolute Gasteiger partial charge is 0.294 e. The highest BCUT2D eigenvalue weighted by atomic mass is 32.1. The lowest BCUT2D eigenvalue weighted by atomic mass is 9.94. The number of hydrogen-bond donors (Lipinski definition) is 6. The average molecular weight is 1020 g/mol. The highest BCUT2D eigenvalue weighted by molar-refractivity contribution is 7.12. The molecule has 14 nitrogen and oxygen atoms in total. The molecule has 8 aromatic rings. The number of carbonyl (C=O) groups excluding carboxylic acids is 2. The molecule has 0 aliphatic carbocycles. The Morgan fingerprint density at radius 3 is 1.86 bits per heavy atom. The quantitative estimate of drug-likeness (QED) is 0.0548. The maximum absolute atomic E-state index is 14.1. The number of hydrogen-bond acceptors (Lipinski definition) is 12. The number of benzene rings is 4. The van der Waals surface area contributed by atoms with E-state index in [-0.39, 0.29) is 40.6 Å². The number of thiophene rings is 2. The van der Waals surface area contributed by atoms with Crippen molar-refractivity contribution in [3.63, 3.8) is 0 Å². The van der Waals surface area contributed by atoms with Crippen LogP contribution in [-0.4, -0.2) is 30.9 Å². The van der Waals surface area contributed by atoms with Crippen LogP contribution < -0.4 is 43.0 Å². The van der Waals surface area contributed by atoms with Crippen LogP contribution in [0.25, 0.3) is 33.0 Å². The first-order chi connectivity index (χ1) is 36.2.